The van der Waals surface area contributed by atoms with E-state index in [4.69, 9.17) is 4.74 Å². The minimum Gasteiger partial charge on any atom is -0.444 e. The molecule has 1 unspecified atom stereocenters. The van der Waals surface area contributed by atoms with E-state index in [1.165, 1.54) is 25.9 Å². The molecular weight excluding hydrogens is 266 g/mol. The van der Waals surface area contributed by atoms with Gasteiger partial charge in [-0.15, -0.1) is 0 Å². The van der Waals surface area contributed by atoms with Crippen LogP contribution in [0.4, 0.5) is 4.79 Å². The van der Waals surface area contributed by atoms with Gasteiger partial charge < -0.3 is 15.4 Å². The van der Waals surface area contributed by atoms with Crippen molar-refractivity contribution >= 4 is 6.09 Å². The van der Waals surface area contributed by atoms with Crippen LogP contribution >= 0.6 is 0 Å². The molecule has 2 rings (SSSR count). The Labute approximate surface area is 128 Å². The molecule has 1 atom stereocenters. The second kappa shape index (κ2) is 6.97. The standard InChI is InChI=1S/C16H31N3O2/c1-12(19-7-5-6-8-19)11-17-13-9-14(10-13)18-15(20)21-16(2,3)4/h12-14,17H,5-11H2,1-4H3,(H,18,20). The third-order valence-electron chi connectivity index (χ3n) is 4.32. The second-order valence-corrected chi connectivity index (χ2v) is 7.51. The zero-order valence-electron chi connectivity index (χ0n) is 13.9. The number of nitrogens with zero attached hydrogens (tertiary/aromatic N) is 1. The van der Waals surface area contributed by atoms with Gasteiger partial charge in [0, 0.05) is 24.7 Å². The molecule has 1 saturated carbocycles. The summed E-state index contributed by atoms with van der Waals surface area (Å²) in [6, 6.07) is 1.42. The highest BCUT2D eigenvalue weighted by Crippen LogP contribution is 2.21. The molecule has 0 bridgehead atoms. The number of nitrogens with one attached hydrogen (secondary N) is 2. The van der Waals surface area contributed by atoms with Crippen LogP contribution in [0.5, 0.6) is 0 Å². The minimum absolute atomic E-state index is 0.263. The van der Waals surface area contributed by atoms with E-state index in [2.05, 4.69) is 22.5 Å². The van der Waals surface area contributed by atoms with E-state index < -0.39 is 5.60 Å². The van der Waals surface area contributed by atoms with Crippen LogP contribution in [0.25, 0.3) is 0 Å². The predicted molar refractivity (Wildman–Crippen MR) is 84.5 cm³/mol. The first-order valence-corrected chi connectivity index (χ1v) is 8.30. The monoisotopic (exact) mass is 297 g/mol. The summed E-state index contributed by atoms with van der Waals surface area (Å²) >= 11 is 0. The molecular formula is C16H31N3O2. The molecule has 5 heteroatoms. The van der Waals surface area contributed by atoms with Crippen molar-refractivity contribution in [2.24, 2.45) is 0 Å². The highest BCUT2D eigenvalue weighted by molar-refractivity contribution is 5.68. The van der Waals surface area contributed by atoms with Crippen molar-refractivity contribution < 1.29 is 9.53 Å². The first kappa shape index (κ1) is 16.6. The Morgan fingerprint density at radius 1 is 1.24 bits per heavy atom. The third-order valence-corrected chi connectivity index (χ3v) is 4.32. The molecule has 1 aliphatic carbocycles. The molecule has 122 valence electrons. The summed E-state index contributed by atoms with van der Waals surface area (Å²) in [6.07, 6.45) is 4.40. The molecule has 1 heterocycles. The lowest BCUT2D eigenvalue weighted by atomic mass is 9.87. The fourth-order valence-electron chi connectivity index (χ4n) is 3.03. The molecule has 2 N–H and O–H groups in total. The average Bonchev–Trinajstić information content (AvgIpc) is 2.82. The molecule has 5 nitrogen and oxygen atoms in total. The van der Waals surface area contributed by atoms with Crippen LogP contribution in [-0.4, -0.2) is 54.4 Å². The largest absolute Gasteiger partial charge is 0.444 e. The van der Waals surface area contributed by atoms with E-state index >= 15 is 0 Å². The van der Waals surface area contributed by atoms with E-state index in [1.54, 1.807) is 0 Å². The Bertz CT molecular complexity index is 342. The predicted octanol–water partition coefficient (Wildman–Crippen LogP) is 2.12. The maximum absolute atomic E-state index is 11.6. The third kappa shape index (κ3) is 5.47. The van der Waals surface area contributed by atoms with Crippen LogP contribution in [0.2, 0.25) is 0 Å². The summed E-state index contributed by atoms with van der Waals surface area (Å²) < 4.78 is 5.27. The fourth-order valence-corrected chi connectivity index (χ4v) is 3.03. The Morgan fingerprint density at radius 2 is 1.86 bits per heavy atom. The van der Waals surface area contributed by atoms with Gasteiger partial charge in [0.2, 0.25) is 0 Å². The van der Waals surface area contributed by atoms with Gasteiger partial charge in [0.25, 0.3) is 0 Å². The number of hydrogen-bond acceptors (Lipinski definition) is 4. The van der Waals surface area contributed by atoms with Crippen molar-refractivity contribution in [3.8, 4) is 0 Å². The molecule has 21 heavy (non-hydrogen) atoms. The van der Waals surface area contributed by atoms with Gasteiger partial charge in [-0.25, -0.2) is 4.79 Å². The zero-order valence-corrected chi connectivity index (χ0v) is 13.9. The molecule has 1 aliphatic heterocycles. The van der Waals surface area contributed by atoms with Crippen molar-refractivity contribution in [2.75, 3.05) is 19.6 Å². The normalized spacial score (nSPS) is 28.0. The molecule has 1 amide bonds. The number of ether oxygens (including phenoxy) is 1. The van der Waals surface area contributed by atoms with Crippen molar-refractivity contribution in [2.45, 2.75) is 77.1 Å². The van der Waals surface area contributed by atoms with E-state index in [1.807, 2.05) is 20.8 Å². The number of carbonyl (C=O) groups is 1. The SMILES string of the molecule is CC(CNC1CC(NC(=O)OC(C)(C)C)C1)N1CCCC1. The topological polar surface area (TPSA) is 53.6 Å². The number of rotatable bonds is 5. The van der Waals surface area contributed by atoms with Crippen molar-refractivity contribution in [3.05, 3.63) is 0 Å². The maximum atomic E-state index is 11.6. The summed E-state index contributed by atoms with van der Waals surface area (Å²) in [5, 5.41) is 6.55. The molecule has 0 aromatic carbocycles. The lowest BCUT2D eigenvalue weighted by Crippen LogP contribution is -2.55. The number of likely N-dealkylation sites (tertiary alicyclic amines) is 1. The summed E-state index contributed by atoms with van der Waals surface area (Å²) in [5.41, 5.74) is -0.420. The molecule has 0 radical (unpaired) electrons. The first-order chi connectivity index (χ1) is 9.83. The minimum atomic E-state index is -0.420. The van der Waals surface area contributed by atoms with Gasteiger partial charge in [-0.2, -0.15) is 0 Å². The van der Waals surface area contributed by atoms with E-state index in [0.29, 0.717) is 12.1 Å². The summed E-state index contributed by atoms with van der Waals surface area (Å²) in [4.78, 5) is 14.2. The Kier molecular flexibility index (Phi) is 5.49. The highest BCUT2D eigenvalue weighted by atomic mass is 16.6. The van der Waals surface area contributed by atoms with Crippen LogP contribution < -0.4 is 10.6 Å². The van der Waals surface area contributed by atoms with Gasteiger partial charge in [0.05, 0.1) is 0 Å². The molecule has 0 spiro atoms. The lowest BCUT2D eigenvalue weighted by Gasteiger charge is -2.38. The summed E-state index contributed by atoms with van der Waals surface area (Å²) in [6.45, 7) is 11.5. The molecule has 0 aromatic heterocycles. The van der Waals surface area contributed by atoms with Gasteiger partial charge in [0.1, 0.15) is 5.60 Å². The molecule has 1 saturated heterocycles. The average molecular weight is 297 g/mol. The van der Waals surface area contributed by atoms with Crippen LogP contribution in [0.15, 0.2) is 0 Å². The Hall–Kier alpha value is -0.810. The zero-order chi connectivity index (χ0) is 15.5. The Balaban J connectivity index is 1.56. The van der Waals surface area contributed by atoms with Gasteiger partial charge in [-0.3, -0.25) is 4.90 Å². The number of carbonyl (C=O) groups excluding carboxylic acids is 1. The van der Waals surface area contributed by atoms with Crippen molar-refractivity contribution in [1.82, 2.24) is 15.5 Å². The summed E-state index contributed by atoms with van der Waals surface area (Å²) in [5.74, 6) is 0. The van der Waals surface area contributed by atoms with Crippen LogP contribution in [0, 0.1) is 0 Å². The smallest absolute Gasteiger partial charge is 0.407 e. The van der Waals surface area contributed by atoms with Gasteiger partial charge in [-0.05, 0) is 66.5 Å². The molecule has 2 fully saturated rings. The van der Waals surface area contributed by atoms with E-state index in [0.717, 1.165) is 19.4 Å². The first-order valence-electron chi connectivity index (χ1n) is 8.30. The maximum Gasteiger partial charge on any atom is 0.407 e. The van der Waals surface area contributed by atoms with Gasteiger partial charge in [0.15, 0.2) is 0 Å². The lowest BCUT2D eigenvalue weighted by molar-refractivity contribution is 0.0464. The number of amides is 1. The number of hydrogen-bond donors (Lipinski definition) is 2. The molecule has 2 aliphatic rings. The van der Waals surface area contributed by atoms with E-state index in [9.17, 15) is 4.79 Å². The van der Waals surface area contributed by atoms with Gasteiger partial charge >= 0.3 is 6.09 Å². The molecule has 0 aromatic rings. The summed E-state index contributed by atoms with van der Waals surface area (Å²) in [7, 11) is 0. The van der Waals surface area contributed by atoms with Crippen LogP contribution in [0.1, 0.15) is 53.4 Å². The van der Waals surface area contributed by atoms with Crippen molar-refractivity contribution in [1.29, 1.82) is 0 Å². The van der Waals surface area contributed by atoms with Gasteiger partial charge in [-0.1, -0.05) is 0 Å². The Morgan fingerprint density at radius 3 is 2.43 bits per heavy atom. The van der Waals surface area contributed by atoms with Crippen LogP contribution in [-0.2, 0) is 4.74 Å². The van der Waals surface area contributed by atoms with Crippen molar-refractivity contribution in [3.63, 3.8) is 0 Å². The highest BCUT2D eigenvalue weighted by Gasteiger charge is 2.31. The second-order valence-electron chi connectivity index (χ2n) is 7.51. The quantitative estimate of drug-likeness (QED) is 0.816. The number of alkyl carbamates (subject to hydrolysis) is 1. The van der Waals surface area contributed by atoms with Crippen LogP contribution in [0.3, 0.4) is 0 Å². The fraction of sp³-hybridized carbons (Fsp3) is 0.938. The van der Waals surface area contributed by atoms with E-state index in [-0.39, 0.29) is 12.1 Å².